The number of imide groups is 1. The van der Waals surface area contributed by atoms with Crippen molar-refractivity contribution in [2.45, 2.75) is 12.5 Å². The Labute approximate surface area is 198 Å². The predicted octanol–water partition coefficient (Wildman–Crippen LogP) is 5.63. The molecule has 0 radical (unpaired) electrons. The second kappa shape index (κ2) is 9.17. The number of nitriles is 1. The van der Waals surface area contributed by atoms with Crippen LogP contribution in [-0.4, -0.2) is 22.8 Å². The summed E-state index contributed by atoms with van der Waals surface area (Å²) >= 11 is 0. The number of hydrogen-bond acceptors (Lipinski definition) is 3. The summed E-state index contributed by atoms with van der Waals surface area (Å²) in [5, 5.41) is 11.2. The van der Waals surface area contributed by atoms with Crippen molar-refractivity contribution in [3.63, 3.8) is 0 Å². The Morgan fingerprint density at radius 2 is 1.65 bits per heavy atom. The molecule has 4 aromatic rings. The van der Waals surface area contributed by atoms with Crippen molar-refractivity contribution in [1.29, 1.82) is 5.26 Å². The number of fused-ring (bicyclic) bond motifs is 1. The lowest BCUT2D eigenvalue weighted by Gasteiger charge is -2.44. The van der Waals surface area contributed by atoms with E-state index < -0.39 is 0 Å². The third-order valence-corrected chi connectivity index (χ3v) is 6.28. The van der Waals surface area contributed by atoms with Crippen LogP contribution in [0.1, 0.15) is 27.0 Å². The number of rotatable bonds is 5. The first kappa shape index (κ1) is 21.4. The summed E-state index contributed by atoms with van der Waals surface area (Å²) in [6, 6.07) is 32.3. The summed E-state index contributed by atoms with van der Waals surface area (Å²) in [5.41, 5.74) is 2.97. The van der Waals surface area contributed by atoms with Crippen LogP contribution < -0.4 is 0 Å². The lowest BCUT2D eigenvalue weighted by molar-refractivity contribution is -0.147. The van der Waals surface area contributed by atoms with Crippen molar-refractivity contribution in [3.05, 3.63) is 125 Å². The van der Waals surface area contributed by atoms with Crippen molar-refractivity contribution in [1.82, 2.24) is 4.90 Å². The molecule has 0 aliphatic carbocycles. The Morgan fingerprint density at radius 3 is 2.44 bits per heavy atom. The number of nitrogens with zero attached hydrogens (tertiary/aromatic N) is 2. The van der Waals surface area contributed by atoms with E-state index in [9.17, 15) is 14.9 Å². The van der Waals surface area contributed by atoms with E-state index in [0.717, 1.165) is 21.9 Å². The van der Waals surface area contributed by atoms with E-state index >= 15 is 0 Å². The molecular formula is C30H22N2O2. The molecular weight excluding hydrogens is 420 g/mol. The number of carbonyl (C=O) groups is 2. The predicted molar refractivity (Wildman–Crippen MR) is 133 cm³/mol. The molecule has 2 atom stereocenters. The Morgan fingerprint density at radius 1 is 0.882 bits per heavy atom. The monoisotopic (exact) mass is 442 g/mol. The number of hydrogen-bond donors (Lipinski definition) is 0. The van der Waals surface area contributed by atoms with Crippen LogP contribution >= 0.6 is 0 Å². The van der Waals surface area contributed by atoms with Gasteiger partial charge in [-0.05, 0) is 52.6 Å². The van der Waals surface area contributed by atoms with Gasteiger partial charge in [0.1, 0.15) is 0 Å². The van der Waals surface area contributed by atoms with Crippen LogP contribution in [0.4, 0.5) is 0 Å². The van der Waals surface area contributed by atoms with Crippen molar-refractivity contribution in [2.75, 3.05) is 0 Å². The van der Waals surface area contributed by atoms with Gasteiger partial charge >= 0.3 is 0 Å². The molecule has 0 saturated carbocycles. The third-order valence-electron chi connectivity index (χ3n) is 6.28. The van der Waals surface area contributed by atoms with Crippen LogP contribution in [0.3, 0.4) is 0 Å². The molecule has 0 aromatic heterocycles. The molecule has 0 unspecified atom stereocenters. The van der Waals surface area contributed by atoms with Gasteiger partial charge in [0.2, 0.25) is 5.91 Å². The van der Waals surface area contributed by atoms with E-state index in [0.29, 0.717) is 17.5 Å². The molecule has 2 amide bonds. The number of carbonyl (C=O) groups excluding carboxylic acids is 2. The smallest absolute Gasteiger partial charge is 0.261 e. The summed E-state index contributed by atoms with van der Waals surface area (Å²) in [5.74, 6) is -0.845. The van der Waals surface area contributed by atoms with Gasteiger partial charge in [0, 0.05) is 5.56 Å². The molecule has 0 spiro atoms. The second-order valence-electron chi connectivity index (χ2n) is 8.46. The average molecular weight is 443 g/mol. The van der Waals surface area contributed by atoms with Gasteiger partial charge in [-0.1, -0.05) is 84.9 Å². The van der Waals surface area contributed by atoms with E-state index in [-0.39, 0.29) is 23.8 Å². The van der Waals surface area contributed by atoms with Crippen LogP contribution in [0.15, 0.2) is 103 Å². The lowest BCUT2D eigenvalue weighted by atomic mass is 9.81. The van der Waals surface area contributed by atoms with Gasteiger partial charge in [-0.15, -0.1) is 0 Å². The number of amides is 2. The van der Waals surface area contributed by atoms with Gasteiger partial charge in [-0.25, -0.2) is 0 Å². The highest BCUT2D eigenvalue weighted by molar-refractivity contribution is 6.11. The third kappa shape index (κ3) is 4.12. The molecule has 1 fully saturated rings. The average Bonchev–Trinajstić information content (AvgIpc) is 2.89. The van der Waals surface area contributed by atoms with Crippen LogP contribution in [0.2, 0.25) is 0 Å². The van der Waals surface area contributed by atoms with Crippen LogP contribution in [0, 0.1) is 17.2 Å². The van der Waals surface area contributed by atoms with Gasteiger partial charge in [0.15, 0.2) is 0 Å². The number of β-lactam (4-membered cyclic amide) rings is 1. The topological polar surface area (TPSA) is 61.2 Å². The first-order chi connectivity index (χ1) is 16.6. The Kier molecular flexibility index (Phi) is 5.76. The van der Waals surface area contributed by atoms with Gasteiger partial charge < -0.3 is 0 Å². The van der Waals surface area contributed by atoms with Gasteiger partial charge in [-0.3, -0.25) is 14.5 Å². The molecule has 4 aromatic carbocycles. The van der Waals surface area contributed by atoms with Crippen molar-refractivity contribution >= 4 is 28.7 Å². The van der Waals surface area contributed by atoms with E-state index in [4.69, 9.17) is 0 Å². The fraction of sp³-hybridized carbons (Fsp3) is 0.100. The maximum absolute atomic E-state index is 13.4. The summed E-state index contributed by atoms with van der Waals surface area (Å²) in [6.07, 6.45) is 4.37. The molecule has 164 valence electrons. The van der Waals surface area contributed by atoms with Gasteiger partial charge in [0.25, 0.3) is 5.91 Å². The SMILES string of the molecule is N#Cc1cccc(C[C@H]2C(=O)N(C(=O)c3ccc4ccccc4c3)[C@@H]2/C=C/c2ccccc2)c1. The highest BCUT2D eigenvalue weighted by Crippen LogP contribution is 2.33. The largest absolute Gasteiger partial charge is 0.274 e. The molecule has 4 heteroatoms. The Hall–Kier alpha value is -4.49. The van der Waals surface area contributed by atoms with Crippen LogP contribution in [0.25, 0.3) is 16.8 Å². The molecule has 5 rings (SSSR count). The quantitative estimate of drug-likeness (QED) is 0.297. The minimum absolute atomic E-state index is 0.191. The molecule has 1 aliphatic rings. The van der Waals surface area contributed by atoms with Gasteiger partial charge in [0.05, 0.1) is 23.6 Å². The van der Waals surface area contributed by atoms with E-state index in [1.165, 1.54) is 4.90 Å². The Balaban J connectivity index is 1.45. The maximum atomic E-state index is 13.4. The maximum Gasteiger partial charge on any atom is 0.261 e. The molecule has 1 saturated heterocycles. The first-order valence-electron chi connectivity index (χ1n) is 11.2. The van der Waals surface area contributed by atoms with E-state index in [2.05, 4.69) is 6.07 Å². The number of benzene rings is 4. The molecule has 4 nitrogen and oxygen atoms in total. The molecule has 1 heterocycles. The molecule has 0 bridgehead atoms. The van der Waals surface area contributed by atoms with E-state index in [1.807, 2.05) is 91.0 Å². The summed E-state index contributed by atoms with van der Waals surface area (Å²) in [7, 11) is 0. The van der Waals surface area contributed by atoms with Gasteiger partial charge in [-0.2, -0.15) is 5.26 Å². The normalized spacial score (nSPS) is 17.5. The van der Waals surface area contributed by atoms with Crippen LogP contribution in [0.5, 0.6) is 0 Å². The highest BCUT2D eigenvalue weighted by Gasteiger charge is 2.49. The zero-order valence-electron chi connectivity index (χ0n) is 18.5. The van der Waals surface area contributed by atoms with Crippen molar-refractivity contribution in [3.8, 4) is 6.07 Å². The van der Waals surface area contributed by atoms with Crippen molar-refractivity contribution < 1.29 is 9.59 Å². The molecule has 1 aliphatic heterocycles. The molecule has 0 N–H and O–H groups in total. The van der Waals surface area contributed by atoms with Crippen molar-refractivity contribution in [2.24, 2.45) is 5.92 Å². The minimum Gasteiger partial charge on any atom is -0.274 e. The lowest BCUT2D eigenvalue weighted by Crippen LogP contribution is -2.62. The molecule has 34 heavy (non-hydrogen) atoms. The fourth-order valence-corrected chi connectivity index (χ4v) is 4.49. The summed E-state index contributed by atoms with van der Waals surface area (Å²) < 4.78 is 0. The second-order valence-corrected chi connectivity index (χ2v) is 8.46. The Bertz CT molecular complexity index is 1450. The van der Waals surface area contributed by atoms with Crippen LogP contribution in [-0.2, 0) is 11.2 Å². The standard InChI is InChI=1S/C30H22N2O2/c31-20-23-10-6-9-22(17-23)18-27-28(16-13-21-7-2-1-3-8-21)32(30(27)34)29(33)26-15-14-24-11-4-5-12-25(24)19-26/h1-17,19,27-28H,18H2/b16-13+/t27-,28-/m1/s1. The minimum atomic E-state index is -0.364. The zero-order valence-corrected chi connectivity index (χ0v) is 18.5. The zero-order chi connectivity index (χ0) is 23.5. The highest BCUT2D eigenvalue weighted by atomic mass is 16.2. The van der Waals surface area contributed by atoms with E-state index in [1.54, 1.807) is 18.2 Å². The fourth-order valence-electron chi connectivity index (χ4n) is 4.49. The number of likely N-dealkylation sites (tertiary alicyclic amines) is 1. The summed E-state index contributed by atoms with van der Waals surface area (Å²) in [4.78, 5) is 28.0. The first-order valence-corrected chi connectivity index (χ1v) is 11.2. The summed E-state index contributed by atoms with van der Waals surface area (Å²) in [6.45, 7) is 0.